The van der Waals surface area contributed by atoms with Gasteiger partial charge in [0.25, 0.3) is 0 Å². The number of nitrogens with zero attached hydrogens (tertiary/aromatic N) is 1. The van der Waals surface area contributed by atoms with E-state index in [-0.39, 0.29) is 17.1 Å². The fourth-order valence-electron chi connectivity index (χ4n) is 5.01. The van der Waals surface area contributed by atoms with Gasteiger partial charge in [-0.05, 0) is 43.9 Å². The quantitative estimate of drug-likeness (QED) is 0.577. The van der Waals surface area contributed by atoms with Crippen molar-refractivity contribution in [3.05, 3.63) is 0 Å². The molecule has 3 nitrogen and oxygen atoms in total. The summed E-state index contributed by atoms with van der Waals surface area (Å²) in [5.41, 5.74) is 7.52. The molecule has 17 heavy (non-hydrogen) atoms. The number of fused-ring (bicyclic) bond motifs is 3. The fraction of sp³-hybridized carbons (Fsp3) is 1.00. The molecule has 0 aromatic carbocycles. The van der Waals surface area contributed by atoms with Crippen LogP contribution in [0, 0.1) is 28.7 Å². The van der Waals surface area contributed by atoms with Crippen molar-refractivity contribution in [2.24, 2.45) is 28.3 Å². The fourth-order valence-corrected chi connectivity index (χ4v) is 5.01. The highest BCUT2D eigenvalue weighted by Crippen LogP contribution is 2.71. The lowest BCUT2D eigenvalue weighted by Crippen LogP contribution is -2.49. The molecule has 7 atom stereocenters. The van der Waals surface area contributed by atoms with E-state index in [9.17, 15) is 0 Å². The van der Waals surface area contributed by atoms with Gasteiger partial charge in [-0.2, -0.15) is 5.11 Å². The average molecular weight is 236 g/mol. The highest BCUT2D eigenvalue weighted by atomic mass is 16.6. The van der Waals surface area contributed by atoms with Crippen LogP contribution in [0.25, 0.3) is 0 Å². The second-order valence-electron chi connectivity index (χ2n) is 6.84. The van der Waals surface area contributed by atoms with Crippen molar-refractivity contribution in [3.63, 3.8) is 0 Å². The summed E-state index contributed by atoms with van der Waals surface area (Å²) in [5.74, 6) is 2.40. The summed E-state index contributed by atoms with van der Waals surface area (Å²) in [5, 5.41) is 3.79. The van der Waals surface area contributed by atoms with Gasteiger partial charge in [0.15, 0.2) is 0 Å². The van der Waals surface area contributed by atoms with Gasteiger partial charge in [-0.3, -0.25) is 0 Å². The molecule has 3 fully saturated rings. The van der Waals surface area contributed by atoms with Crippen LogP contribution in [0.15, 0.2) is 5.11 Å². The minimum absolute atomic E-state index is 0.0307. The van der Waals surface area contributed by atoms with Crippen molar-refractivity contribution >= 4 is 0 Å². The van der Waals surface area contributed by atoms with Gasteiger partial charge in [0, 0.05) is 5.41 Å². The summed E-state index contributed by atoms with van der Waals surface area (Å²) in [6.45, 7) is 9.26. The molecule has 2 aliphatic carbocycles. The second kappa shape index (κ2) is 3.31. The Kier molecular flexibility index (Phi) is 2.27. The molecule has 1 heterocycles. The van der Waals surface area contributed by atoms with Crippen LogP contribution in [0.5, 0.6) is 0 Å². The van der Waals surface area contributed by atoms with Crippen molar-refractivity contribution in [3.8, 4) is 0 Å². The van der Waals surface area contributed by atoms with E-state index >= 15 is 0 Å². The zero-order chi connectivity index (χ0) is 12.4. The molecule has 0 aromatic rings. The molecule has 0 spiro atoms. The zero-order valence-corrected chi connectivity index (χ0v) is 11.4. The lowest BCUT2D eigenvalue weighted by molar-refractivity contribution is -0.0425. The number of hydrogen-bond donors (Lipinski definition) is 1. The number of hydrogen-bond acceptors (Lipinski definition) is 3. The van der Waals surface area contributed by atoms with Crippen LogP contribution in [0.2, 0.25) is 0 Å². The molecule has 3 aliphatic rings. The summed E-state index contributed by atoms with van der Waals surface area (Å²) in [4.78, 5) is 0. The van der Waals surface area contributed by atoms with Crippen LogP contribution < -0.4 is 0 Å². The van der Waals surface area contributed by atoms with E-state index in [1.54, 1.807) is 0 Å². The van der Waals surface area contributed by atoms with Crippen LogP contribution in [0.4, 0.5) is 0 Å². The number of rotatable bonds is 2. The van der Waals surface area contributed by atoms with Gasteiger partial charge in [0.05, 0.1) is 12.1 Å². The maximum absolute atomic E-state index is 7.35. The highest BCUT2D eigenvalue weighted by molar-refractivity contribution is 5.26. The van der Waals surface area contributed by atoms with E-state index in [0.29, 0.717) is 6.10 Å². The molecule has 0 bridgehead atoms. The average Bonchev–Trinajstić information content (AvgIpc) is 2.99. The molecule has 1 N–H and O–H groups in total. The summed E-state index contributed by atoms with van der Waals surface area (Å²) in [6, 6.07) is 0.0307. The Hall–Kier alpha value is -0.440. The van der Waals surface area contributed by atoms with Crippen molar-refractivity contribution in [2.45, 2.75) is 64.7 Å². The summed E-state index contributed by atoms with van der Waals surface area (Å²) in [6.07, 6.45) is 4.13. The lowest BCUT2D eigenvalue weighted by Gasteiger charge is -2.48. The first-order valence-corrected chi connectivity index (χ1v) is 7.01. The van der Waals surface area contributed by atoms with Crippen molar-refractivity contribution in [2.75, 3.05) is 0 Å². The molecule has 0 amide bonds. The first kappa shape index (κ1) is 11.6. The van der Waals surface area contributed by atoms with Crippen LogP contribution in [-0.4, -0.2) is 17.7 Å². The third-order valence-electron chi connectivity index (χ3n) is 6.40. The number of nitrogens with one attached hydrogen (secondary N) is 1. The Balaban J connectivity index is 1.96. The summed E-state index contributed by atoms with van der Waals surface area (Å²) >= 11 is 0. The van der Waals surface area contributed by atoms with Gasteiger partial charge >= 0.3 is 0 Å². The Morgan fingerprint density at radius 3 is 2.76 bits per heavy atom. The molecular weight excluding hydrogens is 212 g/mol. The van der Waals surface area contributed by atoms with E-state index in [1.165, 1.54) is 19.3 Å². The predicted octanol–water partition coefficient (Wildman–Crippen LogP) is 3.64. The largest absolute Gasteiger partial charge is 0.363 e. The summed E-state index contributed by atoms with van der Waals surface area (Å²) in [7, 11) is 0. The molecule has 2 saturated carbocycles. The Morgan fingerprint density at radius 1 is 1.41 bits per heavy atom. The minimum atomic E-state index is -0.0895. The molecular formula is C14H24N2O. The Labute approximate surface area is 104 Å². The first-order chi connectivity index (χ1) is 7.97. The topological polar surface area (TPSA) is 48.7 Å². The van der Waals surface area contributed by atoms with E-state index in [0.717, 1.165) is 17.8 Å². The van der Waals surface area contributed by atoms with Gasteiger partial charge in [-0.25, -0.2) is 5.53 Å². The maximum atomic E-state index is 7.35. The zero-order valence-electron chi connectivity index (χ0n) is 11.4. The molecule has 1 aliphatic heterocycles. The molecule has 6 unspecified atom stereocenters. The number of ether oxygens (including phenoxy) is 1. The second-order valence-corrected chi connectivity index (χ2v) is 6.84. The SMILES string of the molecule is CC1CCC2(C)C(C[C@H]3OC32C(C)N=N)C1C. The predicted molar refractivity (Wildman–Crippen MR) is 66.0 cm³/mol. The number of epoxide rings is 1. The molecule has 3 rings (SSSR count). The van der Waals surface area contributed by atoms with Crippen LogP contribution in [-0.2, 0) is 4.74 Å². The third-order valence-corrected chi connectivity index (χ3v) is 6.40. The van der Waals surface area contributed by atoms with E-state index < -0.39 is 0 Å². The van der Waals surface area contributed by atoms with Crippen molar-refractivity contribution in [1.29, 1.82) is 5.53 Å². The minimum Gasteiger partial charge on any atom is -0.363 e. The smallest absolute Gasteiger partial charge is 0.124 e. The van der Waals surface area contributed by atoms with Gasteiger partial charge in [0.2, 0.25) is 0 Å². The lowest BCUT2D eigenvalue weighted by atomic mass is 9.57. The molecule has 3 heteroatoms. The van der Waals surface area contributed by atoms with E-state index in [4.69, 9.17) is 10.3 Å². The Bertz CT molecular complexity index is 358. The van der Waals surface area contributed by atoms with Gasteiger partial charge in [-0.15, -0.1) is 0 Å². The molecule has 0 aromatic heterocycles. The van der Waals surface area contributed by atoms with Crippen LogP contribution in [0.1, 0.15) is 47.0 Å². The molecule has 1 saturated heterocycles. The van der Waals surface area contributed by atoms with Crippen LogP contribution >= 0.6 is 0 Å². The summed E-state index contributed by atoms with van der Waals surface area (Å²) < 4.78 is 6.04. The molecule has 96 valence electrons. The maximum Gasteiger partial charge on any atom is 0.124 e. The monoisotopic (exact) mass is 236 g/mol. The Morgan fingerprint density at radius 2 is 2.12 bits per heavy atom. The standard InChI is InChI=1S/C14H24N2O/c1-8-5-6-13(4)11(9(8)2)7-12-14(13,17-12)10(3)16-15/h8-12,15H,5-7H2,1-4H3/t8?,9?,10?,11?,12-,13?,14?/m1/s1. The first-order valence-electron chi connectivity index (χ1n) is 7.01. The van der Waals surface area contributed by atoms with Gasteiger partial charge in [0.1, 0.15) is 5.60 Å². The molecule has 0 radical (unpaired) electrons. The van der Waals surface area contributed by atoms with Gasteiger partial charge < -0.3 is 4.74 Å². The normalized spacial score (nSPS) is 58.1. The van der Waals surface area contributed by atoms with Crippen LogP contribution in [0.3, 0.4) is 0 Å². The third kappa shape index (κ3) is 1.16. The van der Waals surface area contributed by atoms with Crippen molar-refractivity contribution < 1.29 is 4.74 Å². The van der Waals surface area contributed by atoms with E-state index in [1.807, 2.05) is 0 Å². The highest BCUT2D eigenvalue weighted by Gasteiger charge is 2.77. The van der Waals surface area contributed by atoms with Crippen molar-refractivity contribution in [1.82, 2.24) is 0 Å². The van der Waals surface area contributed by atoms with Gasteiger partial charge in [-0.1, -0.05) is 20.8 Å². The van der Waals surface area contributed by atoms with E-state index in [2.05, 4.69) is 32.8 Å².